The fourth-order valence-electron chi connectivity index (χ4n) is 2.61. The lowest BCUT2D eigenvalue weighted by Gasteiger charge is -2.13. The minimum absolute atomic E-state index is 0. The van der Waals surface area contributed by atoms with Gasteiger partial charge >= 0.3 is 0 Å². The minimum atomic E-state index is -0.229. The molecule has 21 heavy (non-hydrogen) atoms. The number of nitrogens with one attached hydrogen (secondary N) is 2. The average Bonchev–Trinajstić information content (AvgIpc) is 3.12. The summed E-state index contributed by atoms with van der Waals surface area (Å²) in [6.07, 6.45) is 1.83. The van der Waals surface area contributed by atoms with Gasteiger partial charge in [-0.05, 0) is 11.4 Å². The van der Waals surface area contributed by atoms with Crippen LogP contribution in [0.3, 0.4) is 0 Å². The summed E-state index contributed by atoms with van der Waals surface area (Å²) in [5, 5.41) is 23.0. The molecular formula is C14H21ClN4OS. The fraction of sp³-hybridized carbons (Fsp3) is 0.500. The first-order valence-electron chi connectivity index (χ1n) is 6.90. The highest BCUT2D eigenvalue weighted by Crippen LogP contribution is 2.26. The van der Waals surface area contributed by atoms with Crippen molar-refractivity contribution in [2.24, 2.45) is 13.0 Å². The molecule has 0 saturated carbocycles. The van der Waals surface area contributed by atoms with E-state index >= 15 is 0 Å². The predicted molar refractivity (Wildman–Crippen MR) is 87.8 cm³/mol. The van der Waals surface area contributed by atoms with Gasteiger partial charge in [-0.25, -0.2) is 0 Å². The Hall–Kier alpha value is -0.920. The first-order valence-corrected chi connectivity index (χ1v) is 7.78. The molecule has 0 aromatic carbocycles. The van der Waals surface area contributed by atoms with E-state index in [4.69, 9.17) is 0 Å². The zero-order chi connectivity index (χ0) is 13.9. The maximum absolute atomic E-state index is 9.78. The Morgan fingerprint density at radius 3 is 3.05 bits per heavy atom. The van der Waals surface area contributed by atoms with Gasteiger partial charge in [0.25, 0.3) is 0 Å². The van der Waals surface area contributed by atoms with Crippen molar-refractivity contribution < 1.29 is 5.11 Å². The van der Waals surface area contributed by atoms with Gasteiger partial charge in [-0.3, -0.25) is 4.68 Å². The first-order chi connectivity index (χ1) is 9.74. The van der Waals surface area contributed by atoms with Crippen molar-refractivity contribution in [3.8, 4) is 10.6 Å². The van der Waals surface area contributed by atoms with E-state index in [1.165, 1.54) is 10.4 Å². The third-order valence-corrected chi connectivity index (χ3v) is 4.56. The Morgan fingerprint density at radius 2 is 2.38 bits per heavy atom. The Balaban J connectivity index is 0.00000161. The van der Waals surface area contributed by atoms with Crippen LogP contribution in [0.15, 0.2) is 23.7 Å². The topological polar surface area (TPSA) is 62.1 Å². The molecule has 7 heteroatoms. The molecule has 3 heterocycles. The van der Waals surface area contributed by atoms with Crippen molar-refractivity contribution in [2.45, 2.75) is 12.6 Å². The summed E-state index contributed by atoms with van der Waals surface area (Å²) < 4.78 is 1.86. The van der Waals surface area contributed by atoms with Crippen molar-refractivity contribution in [1.82, 2.24) is 20.4 Å². The number of thiophene rings is 1. The number of nitrogens with zero attached hydrogens (tertiary/aromatic N) is 2. The van der Waals surface area contributed by atoms with E-state index in [2.05, 4.69) is 33.4 Å². The molecule has 0 bridgehead atoms. The molecule has 2 aromatic heterocycles. The van der Waals surface area contributed by atoms with Gasteiger partial charge in [0.05, 0.1) is 11.0 Å². The normalized spacial score (nSPS) is 21.4. The number of aliphatic hydroxyl groups is 1. The molecule has 2 aromatic rings. The van der Waals surface area contributed by atoms with E-state index in [0.29, 0.717) is 12.5 Å². The van der Waals surface area contributed by atoms with E-state index in [1.54, 1.807) is 11.3 Å². The molecule has 0 amide bonds. The lowest BCUT2D eigenvalue weighted by atomic mass is 10.1. The Kier molecular flexibility index (Phi) is 5.78. The highest BCUT2D eigenvalue weighted by molar-refractivity contribution is 7.13. The average molecular weight is 329 g/mol. The van der Waals surface area contributed by atoms with Gasteiger partial charge < -0.3 is 15.7 Å². The molecule has 5 nitrogen and oxygen atoms in total. The van der Waals surface area contributed by atoms with Gasteiger partial charge in [-0.2, -0.15) is 5.10 Å². The van der Waals surface area contributed by atoms with E-state index in [9.17, 15) is 5.11 Å². The van der Waals surface area contributed by atoms with Crippen molar-refractivity contribution in [3.05, 3.63) is 29.3 Å². The maximum Gasteiger partial charge on any atom is 0.107 e. The monoisotopic (exact) mass is 328 g/mol. The molecular weight excluding hydrogens is 308 g/mol. The molecule has 0 radical (unpaired) electrons. The molecule has 0 aliphatic carbocycles. The zero-order valence-corrected chi connectivity index (χ0v) is 13.6. The van der Waals surface area contributed by atoms with E-state index in [1.807, 2.05) is 17.8 Å². The third-order valence-electron chi connectivity index (χ3n) is 3.69. The molecule has 1 aliphatic rings. The van der Waals surface area contributed by atoms with Crippen molar-refractivity contribution >= 4 is 23.7 Å². The van der Waals surface area contributed by atoms with Crippen LogP contribution in [0.4, 0.5) is 0 Å². The predicted octanol–water partition coefficient (Wildman–Crippen LogP) is 1.24. The third kappa shape index (κ3) is 3.84. The van der Waals surface area contributed by atoms with Crippen LogP contribution in [-0.2, 0) is 13.6 Å². The number of β-amino-alcohol motifs (C(OH)–C–C–N with tert-alkyl or cyclic N) is 1. The summed E-state index contributed by atoms with van der Waals surface area (Å²) in [5.74, 6) is 0.303. The second-order valence-corrected chi connectivity index (χ2v) is 6.22. The van der Waals surface area contributed by atoms with E-state index in [-0.39, 0.29) is 18.5 Å². The van der Waals surface area contributed by atoms with Gasteiger partial charge in [0.2, 0.25) is 0 Å². The zero-order valence-electron chi connectivity index (χ0n) is 12.0. The Bertz CT molecular complexity index is 557. The van der Waals surface area contributed by atoms with Gasteiger partial charge in [0, 0.05) is 50.9 Å². The minimum Gasteiger partial charge on any atom is -0.391 e. The first kappa shape index (κ1) is 16.5. The Labute approximate surface area is 134 Å². The van der Waals surface area contributed by atoms with E-state index < -0.39 is 0 Å². The van der Waals surface area contributed by atoms with Crippen LogP contribution < -0.4 is 10.6 Å². The molecule has 1 saturated heterocycles. The molecule has 116 valence electrons. The van der Waals surface area contributed by atoms with Crippen molar-refractivity contribution in [2.75, 3.05) is 19.6 Å². The summed E-state index contributed by atoms with van der Waals surface area (Å²) >= 11 is 1.71. The van der Waals surface area contributed by atoms with Crippen LogP contribution in [0.2, 0.25) is 0 Å². The quantitative estimate of drug-likeness (QED) is 0.773. The molecule has 2 unspecified atom stereocenters. The number of hydrogen-bond acceptors (Lipinski definition) is 5. The number of aliphatic hydroxyl groups excluding tert-OH is 1. The number of halogens is 1. The smallest absolute Gasteiger partial charge is 0.107 e. The molecule has 1 fully saturated rings. The number of rotatable bonds is 5. The van der Waals surface area contributed by atoms with Gasteiger partial charge in [0.15, 0.2) is 0 Å². The van der Waals surface area contributed by atoms with Crippen LogP contribution in [-0.4, -0.2) is 40.6 Å². The second kappa shape index (κ2) is 7.38. The molecule has 0 spiro atoms. The SMILES string of the molecule is Cl.Cn1cc(CNCC2CNCC2O)c(-c2cccs2)n1. The summed E-state index contributed by atoms with van der Waals surface area (Å²) in [5.41, 5.74) is 2.26. The van der Waals surface area contributed by atoms with Crippen LogP contribution in [0.5, 0.6) is 0 Å². The highest BCUT2D eigenvalue weighted by atomic mass is 35.5. The molecule has 1 aliphatic heterocycles. The lowest BCUT2D eigenvalue weighted by molar-refractivity contribution is 0.146. The molecule has 3 rings (SSSR count). The van der Waals surface area contributed by atoms with Gasteiger partial charge in [0.1, 0.15) is 5.69 Å². The van der Waals surface area contributed by atoms with Gasteiger partial charge in [-0.1, -0.05) is 6.07 Å². The number of hydrogen-bond donors (Lipinski definition) is 3. The van der Waals surface area contributed by atoms with E-state index in [0.717, 1.165) is 25.3 Å². The number of aryl methyl sites for hydroxylation is 1. The molecule has 3 N–H and O–H groups in total. The van der Waals surface area contributed by atoms with Crippen molar-refractivity contribution in [1.29, 1.82) is 0 Å². The van der Waals surface area contributed by atoms with Crippen molar-refractivity contribution in [3.63, 3.8) is 0 Å². The summed E-state index contributed by atoms with van der Waals surface area (Å²) in [6.45, 7) is 3.20. The highest BCUT2D eigenvalue weighted by Gasteiger charge is 2.24. The maximum atomic E-state index is 9.78. The lowest BCUT2D eigenvalue weighted by Crippen LogP contribution is -2.30. The van der Waals surface area contributed by atoms with Crippen LogP contribution in [0.1, 0.15) is 5.56 Å². The standard InChI is InChI=1S/C14H20N4OS.ClH/c1-18-9-11(14(17-18)13-3-2-4-20-13)7-15-5-10-6-16-8-12(10)19;/h2-4,9-10,12,15-16,19H,5-8H2,1H3;1H. The van der Waals surface area contributed by atoms with Gasteiger partial charge in [-0.15, -0.1) is 23.7 Å². The fourth-order valence-corrected chi connectivity index (χ4v) is 3.35. The summed E-state index contributed by atoms with van der Waals surface area (Å²) in [4.78, 5) is 1.20. The summed E-state index contributed by atoms with van der Waals surface area (Å²) in [6, 6.07) is 4.15. The largest absolute Gasteiger partial charge is 0.391 e. The summed E-state index contributed by atoms with van der Waals surface area (Å²) in [7, 11) is 1.95. The Morgan fingerprint density at radius 1 is 1.52 bits per heavy atom. The second-order valence-electron chi connectivity index (χ2n) is 5.27. The van der Waals surface area contributed by atoms with Crippen LogP contribution >= 0.6 is 23.7 Å². The number of aromatic nitrogens is 2. The van der Waals surface area contributed by atoms with Crippen LogP contribution in [0, 0.1) is 5.92 Å². The molecule has 2 atom stereocenters. The van der Waals surface area contributed by atoms with Crippen LogP contribution in [0.25, 0.3) is 10.6 Å².